The summed E-state index contributed by atoms with van der Waals surface area (Å²) in [4.78, 5) is 23.5. The molecule has 0 radical (unpaired) electrons. The summed E-state index contributed by atoms with van der Waals surface area (Å²) >= 11 is 0. The van der Waals surface area contributed by atoms with Gasteiger partial charge < -0.3 is 9.51 Å². The van der Waals surface area contributed by atoms with Gasteiger partial charge in [-0.25, -0.2) is 4.79 Å². The number of rotatable bonds is 3. The highest BCUT2D eigenvalue weighted by atomic mass is 16.5. The Balaban J connectivity index is 1.78. The zero-order valence-electron chi connectivity index (χ0n) is 13.2. The molecule has 0 aliphatic heterocycles. The monoisotopic (exact) mass is 321 g/mol. The molecule has 0 bridgehead atoms. The molecule has 7 heteroatoms. The van der Waals surface area contributed by atoms with Crippen molar-refractivity contribution >= 4 is 11.0 Å². The van der Waals surface area contributed by atoms with E-state index in [1.807, 2.05) is 44.2 Å². The Morgan fingerprint density at radius 3 is 2.83 bits per heavy atom. The predicted molar refractivity (Wildman–Crippen MR) is 89.5 cm³/mol. The molecule has 3 heterocycles. The second-order valence-corrected chi connectivity index (χ2v) is 5.76. The van der Waals surface area contributed by atoms with E-state index in [9.17, 15) is 4.79 Å². The van der Waals surface area contributed by atoms with Gasteiger partial charge in [0, 0.05) is 17.8 Å². The number of aromatic nitrogens is 5. The smallest absolute Gasteiger partial charge is 0.326 e. The van der Waals surface area contributed by atoms with Crippen molar-refractivity contribution in [1.82, 2.24) is 24.7 Å². The normalized spacial score (nSPS) is 11.5. The third-order valence-corrected chi connectivity index (χ3v) is 3.80. The highest BCUT2D eigenvalue weighted by molar-refractivity contribution is 5.80. The van der Waals surface area contributed by atoms with Gasteiger partial charge in [0.25, 0.3) is 5.89 Å². The molecule has 0 atom stereocenters. The van der Waals surface area contributed by atoms with Gasteiger partial charge in [-0.15, -0.1) is 0 Å². The standard InChI is InChI=1S/C17H15N5O2/c1-10(2)22-14-7-6-11(9-13(14)19-17(22)23)15-20-16(24-21-15)12-5-3-4-8-18-12/h3-10H,1-2H3,(H,19,23). The lowest BCUT2D eigenvalue weighted by molar-refractivity contribution is 0.431. The Morgan fingerprint density at radius 2 is 2.08 bits per heavy atom. The van der Waals surface area contributed by atoms with Crippen LogP contribution >= 0.6 is 0 Å². The Morgan fingerprint density at radius 1 is 1.21 bits per heavy atom. The second-order valence-electron chi connectivity index (χ2n) is 5.76. The van der Waals surface area contributed by atoms with Gasteiger partial charge in [-0.1, -0.05) is 11.2 Å². The first-order valence-electron chi connectivity index (χ1n) is 7.63. The summed E-state index contributed by atoms with van der Waals surface area (Å²) in [6.07, 6.45) is 1.67. The molecule has 120 valence electrons. The predicted octanol–water partition coefficient (Wildman–Crippen LogP) is 3.02. The number of fused-ring (bicyclic) bond motifs is 1. The molecule has 0 aliphatic carbocycles. The molecule has 24 heavy (non-hydrogen) atoms. The van der Waals surface area contributed by atoms with Crippen molar-refractivity contribution < 1.29 is 4.52 Å². The summed E-state index contributed by atoms with van der Waals surface area (Å²) in [5.74, 6) is 0.814. The van der Waals surface area contributed by atoms with Gasteiger partial charge in [-0.2, -0.15) is 4.98 Å². The van der Waals surface area contributed by atoms with E-state index in [4.69, 9.17) is 4.52 Å². The summed E-state index contributed by atoms with van der Waals surface area (Å²) in [6.45, 7) is 3.95. The van der Waals surface area contributed by atoms with Crippen molar-refractivity contribution in [3.05, 3.63) is 53.1 Å². The molecule has 4 rings (SSSR count). The summed E-state index contributed by atoms with van der Waals surface area (Å²) in [5, 5.41) is 4.01. The fraction of sp³-hybridized carbons (Fsp3) is 0.176. The van der Waals surface area contributed by atoms with Crippen LogP contribution in [0.3, 0.4) is 0 Å². The molecule has 0 saturated carbocycles. The van der Waals surface area contributed by atoms with E-state index in [-0.39, 0.29) is 11.7 Å². The van der Waals surface area contributed by atoms with Gasteiger partial charge in [0.2, 0.25) is 5.82 Å². The quantitative estimate of drug-likeness (QED) is 0.626. The van der Waals surface area contributed by atoms with Crippen molar-refractivity contribution in [1.29, 1.82) is 0 Å². The van der Waals surface area contributed by atoms with Crippen molar-refractivity contribution in [2.45, 2.75) is 19.9 Å². The molecular formula is C17H15N5O2. The van der Waals surface area contributed by atoms with E-state index in [1.54, 1.807) is 16.8 Å². The van der Waals surface area contributed by atoms with Crippen molar-refractivity contribution in [3.63, 3.8) is 0 Å². The molecule has 4 aromatic rings. The lowest BCUT2D eigenvalue weighted by Gasteiger charge is -2.06. The number of nitrogens with one attached hydrogen (secondary N) is 1. The highest BCUT2D eigenvalue weighted by Gasteiger charge is 2.14. The Kier molecular flexibility index (Phi) is 3.26. The van der Waals surface area contributed by atoms with Crippen LogP contribution in [0.5, 0.6) is 0 Å². The van der Waals surface area contributed by atoms with E-state index >= 15 is 0 Å². The number of benzene rings is 1. The van der Waals surface area contributed by atoms with Crippen LogP contribution < -0.4 is 5.69 Å². The molecule has 0 unspecified atom stereocenters. The van der Waals surface area contributed by atoms with Crippen LogP contribution in [0.25, 0.3) is 34.0 Å². The zero-order valence-corrected chi connectivity index (χ0v) is 13.2. The van der Waals surface area contributed by atoms with E-state index < -0.39 is 0 Å². The van der Waals surface area contributed by atoms with Crippen LogP contribution in [0.2, 0.25) is 0 Å². The molecule has 3 aromatic heterocycles. The van der Waals surface area contributed by atoms with E-state index in [0.717, 1.165) is 16.6 Å². The molecule has 1 N–H and O–H groups in total. The fourth-order valence-electron chi connectivity index (χ4n) is 2.72. The van der Waals surface area contributed by atoms with Gasteiger partial charge in [-0.05, 0) is 44.2 Å². The van der Waals surface area contributed by atoms with Crippen LogP contribution in [0.15, 0.2) is 51.9 Å². The van der Waals surface area contributed by atoms with Crippen molar-refractivity contribution in [3.8, 4) is 23.0 Å². The van der Waals surface area contributed by atoms with Crippen molar-refractivity contribution in [2.24, 2.45) is 0 Å². The molecule has 1 aromatic carbocycles. The topological polar surface area (TPSA) is 89.6 Å². The van der Waals surface area contributed by atoms with Crippen LogP contribution in [0.4, 0.5) is 0 Å². The van der Waals surface area contributed by atoms with Gasteiger partial charge in [0.05, 0.1) is 11.0 Å². The summed E-state index contributed by atoms with van der Waals surface area (Å²) in [6, 6.07) is 11.2. The number of imidazole rings is 1. The van der Waals surface area contributed by atoms with Gasteiger partial charge >= 0.3 is 5.69 Å². The molecule has 0 aliphatic rings. The number of nitrogens with zero attached hydrogens (tertiary/aromatic N) is 4. The summed E-state index contributed by atoms with van der Waals surface area (Å²) in [5.41, 5.74) is 2.87. The molecule has 0 fully saturated rings. The lowest BCUT2D eigenvalue weighted by Crippen LogP contribution is -2.18. The third-order valence-electron chi connectivity index (χ3n) is 3.80. The number of hydrogen-bond acceptors (Lipinski definition) is 5. The molecule has 0 amide bonds. The minimum Gasteiger partial charge on any atom is -0.332 e. The fourth-order valence-corrected chi connectivity index (χ4v) is 2.72. The van der Waals surface area contributed by atoms with Crippen LogP contribution in [0.1, 0.15) is 19.9 Å². The first-order chi connectivity index (χ1) is 11.6. The van der Waals surface area contributed by atoms with Crippen LogP contribution in [0, 0.1) is 0 Å². The van der Waals surface area contributed by atoms with Gasteiger partial charge in [-0.3, -0.25) is 9.55 Å². The minimum atomic E-state index is -0.126. The molecule has 7 nitrogen and oxygen atoms in total. The SMILES string of the molecule is CC(C)n1c(=O)[nH]c2cc(-c3noc(-c4ccccn4)n3)ccc21. The van der Waals surface area contributed by atoms with E-state index in [2.05, 4.69) is 20.1 Å². The number of H-pyrrole nitrogens is 1. The first kappa shape index (κ1) is 14.4. The highest BCUT2D eigenvalue weighted by Crippen LogP contribution is 2.24. The lowest BCUT2D eigenvalue weighted by atomic mass is 10.2. The van der Waals surface area contributed by atoms with Gasteiger partial charge in [0.15, 0.2) is 0 Å². The average Bonchev–Trinajstić information content (AvgIpc) is 3.18. The minimum absolute atomic E-state index is 0.0815. The maximum atomic E-state index is 12.1. The molecule has 0 spiro atoms. The van der Waals surface area contributed by atoms with E-state index in [0.29, 0.717) is 17.4 Å². The summed E-state index contributed by atoms with van der Waals surface area (Å²) < 4.78 is 7.00. The molecule has 0 saturated heterocycles. The van der Waals surface area contributed by atoms with Gasteiger partial charge in [0.1, 0.15) is 5.69 Å². The summed E-state index contributed by atoms with van der Waals surface area (Å²) in [7, 11) is 0. The van der Waals surface area contributed by atoms with Crippen molar-refractivity contribution in [2.75, 3.05) is 0 Å². The zero-order chi connectivity index (χ0) is 16.7. The third kappa shape index (κ3) is 2.30. The first-order valence-corrected chi connectivity index (χ1v) is 7.63. The largest absolute Gasteiger partial charge is 0.332 e. The Hall–Kier alpha value is -3.22. The molecular weight excluding hydrogens is 306 g/mol. The number of aromatic amines is 1. The maximum absolute atomic E-state index is 12.1. The van der Waals surface area contributed by atoms with Crippen LogP contribution in [-0.4, -0.2) is 24.7 Å². The van der Waals surface area contributed by atoms with Crippen LogP contribution in [-0.2, 0) is 0 Å². The Bertz CT molecular complexity index is 1060. The number of pyridine rings is 1. The average molecular weight is 321 g/mol. The Labute approximate surface area is 137 Å². The second kappa shape index (κ2) is 5.45. The maximum Gasteiger partial charge on any atom is 0.326 e. The number of hydrogen-bond donors (Lipinski definition) is 1. The van der Waals surface area contributed by atoms with E-state index in [1.165, 1.54) is 0 Å².